The van der Waals surface area contributed by atoms with Gasteiger partial charge in [0.15, 0.2) is 0 Å². The van der Waals surface area contributed by atoms with Crippen molar-refractivity contribution in [2.24, 2.45) is 11.8 Å². The van der Waals surface area contributed by atoms with E-state index in [2.05, 4.69) is 17.0 Å². The van der Waals surface area contributed by atoms with Gasteiger partial charge in [0.25, 0.3) is 0 Å². The molecule has 1 unspecified atom stereocenters. The molecule has 5 heteroatoms. The number of carbonyl (C=O) groups excluding carboxylic acids is 1. The second-order valence-corrected chi connectivity index (χ2v) is 5.68. The van der Waals surface area contributed by atoms with E-state index in [4.69, 9.17) is 5.11 Å². The van der Waals surface area contributed by atoms with Crippen LogP contribution in [0.4, 0.5) is 4.79 Å². The molecular formula is C15H18N2O3. The number of benzene rings is 1. The van der Waals surface area contributed by atoms with Gasteiger partial charge in [0.1, 0.15) is 0 Å². The van der Waals surface area contributed by atoms with E-state index in [1.807, 2.05) is 25.1 Å². The van der Waals surface area contributed by atoms with E-state index in [1.165, 1.54) is 5.56 Å². The van der Waals surface area contributed by atoms with Crippen molar-refractivity contribution in [3.63, 3.8) is 0 Å². The van der Waals surface area contributed by atoms with Gasteiger partial charge in [0.05, 0.1) is 5.92 Å². The van der Waals surface area contributed by atoms with Crippen LogP contribution in [0.3, 0.4) is 0 Å². The van der Waals surface area contributed by atoms with E-state index >= 15 is 0 Å². The number of hydrogen-bond acceptors (Lipinski definition) is 3. The van der Waals surface area contributed by atoms with Crippen LogP contribution in [-0.2, 0) is 11.3 Å². The average Bonchev–Trinajstić information content (AvgIpc) is 2.91. The summed E-state index contributed by atoms with van der Waals surface area (Å²) >= 11 is 0. The van der Waals surface area contributed by atoms with Crippen molar-refractivity contribution < 1.29 is 14.7 Å². The summed E-state index contributed by atoms with van der Waals surface area (Å²) < 4.78 is 0. The zero-order valence-electron chi connectivity index (χ0n) is 11.4. The number of rotatable bonds is 2. The Labute approximate surface area is 117 Å². The molecule has 3 atom stereocenters. The van der Waals surface area contributed by atoms with Crippen LogP contribution in [0.15, 0.2) is 30.3 Å². The largest absolute Gasteiger partial charge is 0.465 e. The molecule has 0 aromatic heterocycles. The number of carbonyl (C=O) groups is 2. The van der Waals surface area contributed by atoms with Crippen molar-refractivity contribution in [3.8, 4) is 0 Å². The lowest BCUT2D eigenvalue weighted by Gasteiger charge is -2.23. The topological polar surface area (TPSA) is 60.9 Å². The van der Waals surface area contributed by atoms with Gasteiger partial charge in [-0.25, -0.2) is 9.69 Å². The first-order chi connectivity index (χ1) is 9.58. The minimum Gasteiger partial charge on any atom is -0.465 e. The molecule has 0 aliphatic carbocycles. The van der Waals surface area contributed by atoms with E-state index in [9.17, 15) is 9.59 Å². The maximum Gasteiger partial charge on any atom is 0.414 e. The highest BCUT2D eigenvalue weighted by Gasteiger charge is 2.52. The van der Waals surface area contributed by atoms with Gasteiger partial charge in [0.2, 0.25) is 5.91 Å². The molecule has 20 heavy (non-hydrogen) atoms. The molecule has 5 nitrogen and oxygen atoms in total. The molecule has 0 saturated carbocycles. The third-order valence-electron chi connectivity index (χ3n) is 4.48. The van der Waals surface area contributed by atoms with Crippen molar-refractivity contribution in [3.05, 3.63) is 35.9 Å². The van der Waals surface area contributed by atoms with Gasteiger partial charge < -0.3 is 5.11 Å². The van der Waals surface area contributed by atoms with Crippen LogP contribution in [0.25, 0.3) is 0 Å². The lowest BCUT2D eigenvalue weighted by atomic mass is 9.95. The fourth-order valence-electron chi connectivity index (χ4n) is 3.47. The molecule has 2 aliphatic rings. The third-order valence-corrected chi connectivity index (χ3v) is 4.48. The van der Waals surface area contributed by atoms with Crippen molar-refractivity contribution in [2.75, 3.05) is 13.1 Å². The van der Waals surface area contributed by atoms with Gasteiger partial charge >= 0.3 is 6.09 Å². The predicted octanol–water partition coefficient (Wildman–Crippen LogP) is 1.64. The normalized spacial score (nSPS) is 29.8. The molecule has 1 N–H and O–H groups in total. The molecule has 0 radical (unpaired) electrons. The number of fused-ring (bicyclic) bond motifs is 1. The summed E-state index contributed by atoms with van der Waals surface area (Å²) in [6.07, 6.45) is -1.12. The molecule has 2 fully saturated rings. The van der Waals surface area contributed by atoms with Gasteiger partial charge in [-0.3, -0.25) is 9.69 Å². The number of amides is 2. The van der Waals surface area contributed by atoms with Crippen LogP contribution in [0, 0.1) is 11.8 Å². The van der Waals surface area contributed by atoms with Crippen LogP contribution in [-0.4, -0.2) is 46.0 Å². The van der Waals surface area contributed by atoms with Gasteiger partial charge in [-0.15, -0.1) is 0 Å². The standard InChI is InChI=1S/C15H18N2O3/c1-10-12-8-16(7-11-5-3-2-4-6-11)9-13(12)14(18)17(10)15(19)20/h2-6,10,12-13H,7-9H2,1H3,(H,19,20)/t10?,12-,13-/m0/s1. The summed E-state index contributed by atoms with van der Waals surface area (Å²) in [5.74, 6) is -0.266. The molecule has 2 amide bonds. The monoisotopic (exact) mass is 274 g/mol. The Morgan fingerprint density at radius 3 is 2.60 bits per heavy atom. The molecular weight excluding hydrogens is 256 g/mol. The number of imide groups is 1. The molecule has 1 aromatic carbocycles. The Morgan fingerprint density at radius 2 is 2.00 bits per heavy atom. The quantitative estimate of drug-likeness (QED) is 0.890. The number of likely N-dealkylation sites (tertiary alicyclic amines) is 2. The summed E-state index contributed by atoms with van der Waals surface area (Å²) in [6, 6.07) is 9.92. The third kappa shape index (κ3) is 2.08. The second kappa shape index (κ2) is 4.90. The molecule has 2 saturated heterocycles. The zero-order valence-corrected chi connectivity index (χ0v) is 11.4. The van der Waals surface area contributed by atoms with Crippen molar-refractivity contribution in [1.82, 2.24) is 9.80 Å². The first-order valence-electron chi connectivity index (χ1n) is 6.90. The first-order valence-corrected chi connectivity index (χ1v) is 6.90. The molecule has 0 spiro atoms. The lowest BCUT2D eigenvalue weighted by molar-refractivity contribution is -0.130. The molecule has 1 aromatic rings. The van der Waals surface area contributed by atoms with Crippen molar-refractivity contribution in [2.45, 2.75) is 19.5 Å². The van der Waals surface area contributed by atoms with Gasteiger partial charge in [-0.05, 0) is 12.5 Å². The number of carboxylic acid groups (broad SMARTS) is 1. The molecule has 2 aliphatic heterocycles. The number of nitrogens with zero attached hydrogens (tertiary/aromatic N) is 2. The fraction of sp³-hybridized carbons (Fsp3) is 0.467. The first kappa shape index (κ1) is 13.1. The average molecular weight is 274 g/mol. The summed E-state index contributed by atoms with van der Waals surface area (Å²) in [7, 11) is 0. The molecule has 2 heterocycles. The van der Waals surface area contributed by atoms with Crippen LogP contribution >= 0.6 is 0 Å². The number of hydrogen-bond donors (Lipinski definition) is 1. The lowest BCUT2D eigenvalue weighted by Crippen LogP contribution is -2.40. The Hall–Kier alpha value is -1.88. The van der Waals surface area contributed by atoms with E-state index < -0.39 is 6.09 Å². The summed E-state index contributed by atoms with van der Waals surface area (Å²) in [6.45, 7) is 4.10. The second-order valence-electron chi connectivity index (χ2n) is 5.68. The molecule has 0 bridgehead atoms. The highest BCUT2D eigenvalue weighted by molar-refractivity contribution is 5.95. The van der Waals surface area contributed by atoms with Crippen LogP contribution in [0.1, 0.15) is 12.5 Å². The van der Waals surface area contributed by atoms with Gasteiger partial charge in [-0.1, -0.05) is 30.3 Å². The van der Waals surface area contributed by atoms with Crippen LogP contribution < -0.4 is 0 Å². The van der Waals surface area contributed by atoms with E-state index in [0.717, 1.165) is 18.0 Å². The highest BCUT2D eigenvalue weighted by Crippen LogP contribution is 2.37. The van der Waals surface area contributed by atoms with Crippen LogP contribution in [0.2, 0.25) is 0 Å². The Morgan fingerprint density at radius 1 is 1.30 bits per heavy atom. The van der Waals surface area contributed by atoms with Gasteiger partial charge in [0, 0.05) is 31.6 Å². The van der Waals surface area contributed by atoms with E-state index in [1.54, 1.807) is 0 Å². The maximum atomic E-state index is 12.2. The Balaban J connectivity index is 1.70. The molecule has 3 rings (SSSR count). The summed E-state index contributed by atoms with van der Waals surface area (Å²) in [4.78, 5) is 26.5. The minimum atomic E-state index is -1.12. The summed E-state index contributed by atoms with van der Waals surface area (Å²) in [5, 5.41) is 9.10. The van der Waals surface area contributed by atoms with Crippen molar-refractivity contribution >= 4 is 12.0 Å². The Bertz CT molecular complexity index is 531. The fourth-order valence-corrected chi connectivity index (χ4v) is 3.47. The predicted molar refractivity (Wildman–Crippen MR) is 73.0 cm³/mol. The van der Waals surface area contributed by atoms with E-state index in [-0.39, 0.29) is 23.8 Å². The highest BCUT2D eigenvalue weighted by atomic mass is 16.4. The SMILES string of the molecule is CC1[C@@H]2CN(Cc3ccccc3)C[C@@H]2C(=O)N1C(=O)O. The van der Waals surface area contributed by atoms with E-state index in [0.29, 0.717) is 6.54 Å². The Kier molecular flexibility index (Phi) is 3.22. The zero-order chi connectivity index (χ0) is 14.3. The maximum absolute atomic E-state index is 12.2. The summed E-state index contributed by atoms with van der Waals surface area (Å²) in [5.41, 5.74) is 1.22. The van der Waals surface area contributed by atoms with Crippen molar-refractivity contribution in [1.29, 1.82) is 0 Å². The van der Waals surface area contributed by atoms with Gasteiger partial charge in [-0.2, -0.15) is 0 Å². The minimum absolute atomic E-state index is 0.127. The molecule has 106 valence electrons. The van der Waals surface area contributed by atoms with Crippen LogP contribution in [0.5, 0.6) is 0 Å². The smallest absolute Gasteiger partial charge is 0.414 e.